The third kappa shape index (κ3) is 4.34. The van der Waals surface area contributed by atoms with E-state index in [4.69, 9.17) is 0 Å². The summed E-state index contributed by atoms with van der Waals surface area (Å²) >= 11 is 6.68. The summed E-state index contributed by atoms with van der Waals surface area (Å²) in [7, 11) is 0. The number of phenolic OH excluding ortho intramolecular Hbond substituents is 1. The Morgan fingerprint density at radius 1 is 1.12 bits per heavy atom. The Kier molecular flexibility index (Phi) is 5.30. The van der Waals surface area contributed by atoms with Gasteiger partial charge in [0.05, 0.1) is 11.9 Å². The van der Waals surface area contributed by atoms with Crippen molar-refractivity contribution in [1.82, 2.24) is 15.6 Å². The number of aromatic amines is 1. The first-order valence-electron chi connectivity index (χ1n) is 7.16. The minimum atomic E-state index is -0.429. The summed E-state index contributed by atoms with van der Waals surface area (Å²) in [5.41, 5.74) is 4.71. The number of halogens is 2. The molecule has 0 aliphatic rings. The van der Waals surface area contributed by atoms with Crippen LogP contribution in [-0.4, -0.2) is 27.4 Å². The van der Waals surface area contributed by atoms with Gasteiger partial charge in [0.2, 0.25) is 0 Å². The van der Waals surface area contributed by atoms with Gasteiger partial charge < -0.3 is 5.11 Å². The number of amides is 1. The van der Waals surface area contributed by atoms with Crippen molar-refractivity contribution in [3.05, 3.63) is 68.7 Å². The van der Waals surface area contributed by atoms with Crippen molar-refractivity contribution < 1.29 is 9.90 Å². The van der Waals surface area contributed by atoms with Gasteiger partial charge in [0, 0.05) is 20.1 Å². The molecule has 0 radical (unpaired) electrons. The topological polar surface area (TPSA) is 90.4 Å². The van der Waals surface area contributed by atoms with Crippen molar-refractivity contribution in [1.29, 1.82) is 0 Å². The first-order chi connectivity index (χ1) is 12.0. The molecule has 3 N–H and O–H groups in total. The van der Waals surface area contributed by atoms with Crippen molar-refractivity contribution in [3.8, 4) is 17.0 Å². The maximum atomic E-state index is 12.1. The van der Waals surface area contributed by atoms with Gasteiger partial charge in [-0.25, -0.2) is 5.43 Å². The van der Waals surface area contributed by atoms with Gasteiger partial charge in [-0.2, -0.15) is 10.2 Å². The third-order valence-electron chi connectivity index (χ3n) is 3.32. The summed E-state index contributed by atoms with van der Waals surface area (Å²) in [6.45, 7) is 0. The molecule has 0 bridgehead atoms. The number of rotatable bonds is 4. The van der Waals surface area contributed by atoms with Crippen molar-refractivity contribution in [2.75, 3.05) is 0 Å². The van der Waals surface area contributed by atoms with E-state index < -0.39 is 5.91 Å². The highest BCUT2D eigenvalue weighted by Crippen LogP contribution is 2.21. The predicted octanol–water partition coefficient (Wildman–Crippen LogP) is 4.07. The fourth-order valence-electron chi connectivity index (χ4n) is 2.06. The van der Waals surface area contributed by atoms with E-state index in [0.29, 0.717) is 11.3 Å². The molecule has 0 saturated heterocycles. The SMILES string of the molecule is O=C(N/N=C/c1cc(Br)ccc1O)c1cc(-c2ccc(Br)cc2)n[nH]1. The van der Waals surface area contributed by atoms with Crippen molar-refractivity contribution >= 4 is 44.0 Å². The number of carbonyl (C=O) groups excluding carboxylic acids is 1. The van der Waals surface area contributed by atoms with Crippen LogP contribution < -0.4 is 5.43 Å². The number of phenols is 1. The quantitative estimate of drug-likeness (QED) is 0.402. The molecular formula is C17H12Br2N4O2. The highest BCUT2D eigenvalue weighted by molar-refractivity contribution is 9.10. The van der Waals surface area contributed by atoms with Gasteiger partial charge in [-0.1, -0.05) is 44.0 Å². The zero-order chi connectivity index (χ0) is 17.8. The number of hydrazone groups is 1. The largest absolute Gasteiger partial charge is 0.507 e. The van der Waals surface area contributed by atoms with Crippen LogP contribution in [0.15, 0.2) is 62.6 Å². The average Bonchev–Trinajstić information content (AvgIpc) is 3.08. The van der Waals surface area contributed by atoms with Gasteiger partial charge in [-0.3, -0.25) is 9.89 Å². The first-order valence-corrected chi connectivity index (χ1v) is 8.75. The zero-order valence-electron chi connectivity index (χ0n) is 12.7. The zero-order valence-corrected chi connectivity index (χ0v) is 15.9. The van der Waals surface area contributed by atoms with Crippen LogP contribution in [0.1, 0.15) is 16.1 Å². The summed E-state index contributed by atoms with van der Waals surface area (Å²) < 4.78 is 1.76. The molecule has 25 heavy (non-hydrogen) atoms. The third-order valence-corrected chi connectivity index (χ3v) is 4.34. The number of hydrogen-bond acceptors (Lipinski definition) is 4. The lowest BCUT2D eigenvalue weighted by atomic mass is 10.1. The normalized spacial score (nSPS) is 11.0. The van der Waals surface area contributed by atoms with E-state index in [0.717, 1.165) is 14.5 Å². The highest BCUT2D eigenvalue weighted by Gasteiger charge is 2.10. The number of nitrogens with zero attached hydrogens (tertiary/aromatic N) is 2. The highest BCUT2D eigenvalue weighted by atomic mass is 79.9. The maximum Gasteiger partial charge on any atom is 0.289 e. The van der Waals surface area contributed by atoms with Crippen LogP contribution in [0.3, 0.4) is 0 Å². The Balaban J connectivity index is 1.69. The molecule has 0 unspecified atom stereocenters. The molecule has 0 fully saturated rings. The van der Waals surface area contributed by atoms with Gasteiger partial charge in [-0.05, 0) is 36.4 Å². The lowest BCUT2D eigenvalue weighted by Crippen LogP contribution is -2.18. The Labute approximate surface area is 160 Å². The van der Waals surface area contributed by atoms with Gasteiger partial charge in [0.25, 0.3) is 5.91 Å². The van der Waals surface area contributed by atoms with E-state index in [2.05, 4.69) is 52.6 Å². The fraction of sp³-hybridized carbons (Fsp3) is 0. The van der Waals surface area contributed by atoms with E-state index in [-0.39, 0.29) is 11.4 Å². The number of carbonyl (C=O) groups is 1. The van der Waals surface area contributed by atoms with Crippen molar-refractivity contribution in [2.24, 2.45) is 5.10 Å². The average molecular weight is 464 g/mol. The minimum Gasteiger partial charge on any atom is -0.507 e. The Hall–Kier alpha value is -2.45. The second-order valence-corrected chi connectivity index (χ2v) is 6.91. The molecule has 8 heteroatoms. The fourth-order valence-corrected chi connectivity index (χ4v) is 2.70. The molecule has 0 spiro atoms. The Morgan fingerprint density at radius 2 is 1.84 bits per heavy atom. The number of hydrogen-bond donors (Lipinski definition) is 3. The van der Waals surface area contributed by atoms with Crippen LogP contribution in [0, 0.1) is 0 Å². The molecule has 0 saturated carbocycles. The molecule has 126 valence electrons. The molecule has 3 rings (SSSR count). The second-order valence-electron chi connectivity index (χ2n) is 5.08. The number of H-pyrrole nitrogens is 1. The molecule has 3 aromatic rings. The molecule has 1 aromatic heterocycles. The van der Waals surface area contributed by atoms with Crippen molar-refractivity contribution in [3.63, 3.8) is 0 Å². The standard InChI is InChI=1S/C17H12Br2N4O2/c18-12-3-1-10(2-4-12)14-8-15(22-21-14)17(25)23-20-9-11-7-13(19)5-6-16(11)24/h1-9,24H,(H,21,22)(H,23,25)/b20-9+. The monoisotopic (exact) mass is 462 g/mol. The molecule has 2 aromatic carbocycles. The smallest absolute Gasteiger partial charge is 0.289 e. The summed E-state index contributed by atoms with van der Waals surface area (Å²) in [5.74, 6) is -0.359. The number of aromatic hydroxyl groups is 1. The van der Waals surface area contributed by atoms with Crippen LogP contribution in [0.25, 0.3) is 11.3 Å². The van der Waals surface area contributed by atoms with Crippen LogP contribution in [0.2, 0.25) is 0 Å². The van der Waals surface area contributed by atoms with E-state index in [9.17, 15) is 9.90 Å². The van der Waals surface area contributed by atoms with E-state index >= 15 is 0 Å². The van der Waals surface area contributed by atoms with Crippen molar-refractivity contribution in [2.45, 2.75) is 0 Å². The predicted molar refractivity (Wildman–Crippen MR) is 103 cm³/mol. The van der Waals surface area contributed by atoms with Gasteiger partial charge >= 0.3 is 0 Å². The Morgan fingerprint density at radius 3 is 2.60 bits per heavy atom. The van der Waals surface area contributed by atoms with E-state index in [1.807, 2.05) is 24.3 Å². The van der Waals surface area contributed by atoms with Gasteiger partial charge in [0.1, 0.15) is 11.4 Å². The van der Waals surface area contributed by atoms with E-state index in [1.54, 1.807) is 18.2 Å². The second kappa shape index (κ2) is 7.62. The molecule has 0 aliphatic carbocycles. The maximum absolute atomic E-state index is 12.1. The van der Waals surface area contributed by atoms with Crippen LogP contribution >= 0.6 is 31.9 Å². The first kappa shape index (κ1) is 17.4. The summed E-state index contributed by atoms with van der Waals surface area (Å²) in [4.78, 5) is 12.1. The molecular weight excluding hydrogens is 452 g/mol. The number of nitrogens with one attached hydrogen (secondary N) is 2. The Bertz CT molecular complexity index is 936. The van der Waals surface area contributed by atoms with Gasteiger partial charge in [0.15, 0.2) is 0 Å². The minimum absolute atomic E-state index is 0.0697. The molecule has 1 heterocycles. The van der Waals surface area contributed by atoms with Crippen LogP contribution in [0.4, 0.5) is 0 Å². The van der Waals surface area contributed by atoms with Crippen LogP contribution in [-0.2, 0) is 0 Å². The van der Waals surface area contributed by atoms with Gasteiger partial charge in [-0.15, -0.1) is 0 Å². The summed E-state index contributed by atoms with van der Waals surface area (Å²) in [6.07, 6.45) is 1.37. The van der Waals surface area contributed by atoms with Crippen LogP contribution in [0.5, 0.6) is 5.75 Å². The molecule has 6 nitrogen and oxygen atoms in total. The summed E-state index contributed by atoms with van der Waals surface area (Å²) in [6, 6.07) is 14.2. The molecule has 1 amide bonds. The lowest BCUT2D eigenvalue weighted by molar-refractivity contribution is 0.0950. The molecule has 0 atom stereocenters. The lowest BCUT2D eigenvalue weighted by Gasteiger charge is -1.99. The number of benzene rings is 2. The van der Waals surface area contributed by atoms with E-state index in [1.165, 1.54) is 12.3 Å². The summed E-state index contributed by atoms with van der Waals surface area (Å²) in [5, 5.41) is 20.4. The molecule has 0 aliphatic heterocycles. The number of aromatic nitrogens is 2.